The van der Waals surface area contributed by atoms with Gasteiger partial charge in [-0.3, -0.25) is 19.2 Å². The Labute approximate surface area is 688 Å². The molecular formula is C105H96N4O8. The normalized spacial score (nSPS) is 10.8. The number of para-hydroxylation sites is 2. The van der Waals surface area contributed by atoms with Gasteiger partial charge in [-0.25, -0.2) is 0 Å². The summed E-state index contributed by atoms with van der Waals surface area (Å²) in [6.07, 6.45) is 12.4. The number of carbonyl (C=O) groups excluding carboxylic acids is 4. The van der Waals surface area contributed by atoms with Crippen LogP contribution in [0.2, 0.25) is 0 Å². The monoisotopic (exact) mass is 1540 g/mol. The number of benzene rings is 14. The Morgan fingerprint density at radius 3 is 0.547 bits per heavy atom. The van der Waals surface area contributed by atoms with E-state index in [-0.39, 0.29) is 31.3 Å². The van der Waals surface area contributed by atoms with Crippen LogP contribution in [0.3, 0.4) is 0 Å². The zero-order chi connectivity index (χ0) is 80.2. The summed E-state index contributed by atoms with van der Waals surface area (Å²) in [7, 11) is 5.69. The number of hydrogen-bond acceptors (Lipinski definition) is 12. The molecule has 0 saturated carbocycles. The molecule has 14 aromatic carbocycles. The summed E-state index contributed by atoms with van der Waals surface area (Å²) < 4.78 is 19.3. The van der Waals surface area contributed by atoms with Gasteiger partial charge in [-0.15, -0.1) is 0 Å². The van der Waals surface area contributed by atoms with Crippen molar-refractivity contribution in [2.45, 2.75) is 58.8 Å². The van der Waals surface area contributed by atoms with Crippen LogP contribution in [-0.2, 0) is 63.8 Å². The lowest BCUT2D eigenvalue weighted by atomic mass is 10.0. The highest BCUT2D eigenvalue weighted by Gasteiger charge is 2.20. The van der Waals surface area contributed by atoms with Crippen LogP contribution in [0.25, 0.3) is 46.6 Å². The van der Waals surface area contributed by atoms with Gasteiger partial charge in [0.2, 0.25) is 0 Å². The molecule has 14 rings (SSSR count). The molecule has 584 valence electrons. The van der Waals surface area contributed by atoms with Gasteiger partial charge in [0.25, 0.3) is 0 Å². The van der Waals surface area contributed by atoms with Crippen molar-refractivity contribution < 1.29 is 38.1 Å². The molecule has 14 aromatic rings. The standard InChI is InChI=1S/C60H52N2O4.C44H40N2O4.CH4/c1-65-59(63)43-25-49-21-35-55(36-22-49)61(53-31-17-47(18-32-53)15-13-45-9-5-3-6-10-45)57-39-27-51(28-40-57)52-29-41-58(42-30-52)62(56-37-23-50(24-38-56)26-44-60(64)66-2)54-33-19-48(20-34-54)16-14-46-11-7-4-8-12-46;1-49-43(47)31-17-33-13-23-39(24-14-33)45(37-9-5-3-6-10-37)41-27-19-35(20-28-41)36-21-29-42(30-22-36)46(38-11-7-4-8-12-38)40-25-15-34(16-26-40)18-32-44(48)50-2;/h3-24,27-42H,25-26,43-44H2,1-2H3;3-16,19-30H,17-18,31-32H2,1-2H3;1H4/b15-13+,16-14+;;. The molecule has 0 amide bonds. The number of carbonyl (C=O) groups is 4. The topological polar surface area (TPSA) is 118 Å². The lowest BCUT2D eigenvalue weighted by Crippen LogP contribution is -2.10. The van der Waals surface area contributed by atoms with Crippen molar-refractivity contribution in [1.29, 1.82) is 0 Å². The fraction of sp³-hybridized carbons (Fsp3) is 0.124. The van der Waals surface area contributed by atoms with Crippen LogP contribution in [0.1, 0.15) is 77.6 Å². The molecule has 0 radical (unpaired) electrons. The summed E-state index contributed by atoms with van der Waals surface area (Å²) in [5, 5.41) is 0. The van der Waals surface area contributed by atoms with Crippen LogP contribution < -0.4 is 19.6 Å². The third-order valence-corrected chi connectivity index (χ3v) is 20.2. The first kappa shape index (κ1) is 82.1. The van der Waals surface area contributed by atoms with Gasteiger partial charge in [-0.1, -0.05) is 250 Å². The highest BCUT2D eigenvalue weighted by molar-refractivity contribution is 5.85. The molecule has 0 spiro atoms. The summed E-state index contributed by atoms with van der Waals surface area (Å²) in [5.41, 5.74) is 25.7. The Kier molecular flexibility index (Phi) is 29.1. The molecule has 0 aromatic heterocycles. The number of rotatable bonds is 30. The van der Waals surface area contributed by atoms with Gasteiger partial charge in [0.05, 0.1) is 28.4 Å². The Balaban J connectivity index is 0.000000222. The average Bonchev–Trinajstić information content (AvgIpc) is 0.805. The van der Waals surface area contributed by atoms with Crippen molar-refractivity contribution in [3.05, 3.63) is 408 Å². The fourth-order valence-electron chi connectivity index (χ4n) is 13.8. The van der Waals surface area contributed by atoms with Crippen LogP contribution in [0.15, 0.2) is 364 Å². The van der Waals surface area contributed by atoms with Crippen molar-refractivity contribution in [2.75, 3.05) is 48.0 Å². The number of hydrogen-bond donors (Lipinski definition) is 0. The number of nitrogens with zero attached hydrogens (tertiary/aromatic N) is 4. The first-order valence-electron chi connectivity index (χ1n) is 39.0. The van der Waals surface area contributed by atoms with Gasteiger partial charge in [-0.05, 0) is 238 Å². The van der Waals surface area contributed by atoms with Crippen LogP contribution in [0.4, 0.5) is 68.2 Å². The molecule has 12 heteroatoms. The average molecular weight is 1540 g/mol. The van der Waals surface area contributed by atoms with E-state index in [9.17, 15) is 19.2 Å². The van der Waals surface area contributed by atoms with Crippen molar-refractivity contribution in [3.8, 4) is 22.3 Å². The number of anilines is 12. The summed E-state index contributed by atoms with van der Waals surface area (Å²) in [4.78, 5) is 55.9. The van der Waals surface area contributed by atoms with Gasteiger partial charge < -0.3 is 38.5 Å². The molecule has 12 nitrogen and oxygen atoms in total. The lowest BCUT2D eigenvalue weighted by molar-refractivity contribution is -0.141. The number of aryl methyl sites for hydroxylation is 4. The maximum absolute atomic E-state index is 11.8. The van der Waals surface area contributed by atoms with Gasteiger partial charge in [0, 0.05) is 93.9 Å². The Bertz CT molecular complexity index is 5170. The largest absolute Gasteiger partial charge is 0.469 e. The molecule has 0 aliphatic rings. The molecule has 0 unspecified atom stereocenters. The Hall–Kier alpha value is -14.4. The molecular weight excluding hydrogens is 1450 g/mol. The number of ether oxygens (including phenoxy) is 4. The first-order valence-corrected chi connectivity index (χ1v) is 39.0. The highest BCUT2D eigenvalue weighted by atomic mass is 16.5. The van der Waals surface area contributed by atoms with Crippen molar-refractivity contribution in [3.63, 3.8) is 0 Å². The van der Waals surface area contributed by atoms with Crippen molar-refractivity contribution in [1.82, 2.24) is 0 Å². The van der Waals surface area contributed by atoms with Crippen LogP contribution in [-0.4, -0.2) is 52.3 Å². The molecule has 0 N–H and O–H groups in total. The molecule has 0 saturated heterocycles. The number of methoxy groups -OCH3 is 4. The predicted octanol–water partition coefficient (Wildman–Crippen LogP) is 26.0. The Morgan fingerprint density at radius 1 is 0.205 bits per heavy atom. The summed E-state index contributed by atoms with van der Waals surface area (Å²) >= 11 is 0. The minimum absolute atomic E-state index is 0. The maximum Gasteiger partial charge on any atom is 0.305 e. The minimum Gasteiger partial charge on any atom is -0.469 e. The summed E-state index contributed by atoms with van der Waals surface area (Å²) in [6, 6.07) is 126. The zero-order valence-corrected chi connectivity index (χ0v) is 65.7. The third kappa shape index (κ3) is 22.5. The SMILES string of the molecule is C.COC(=O)CCc1ccc(N(c2ccc(/C=C/c3ccccc3)cc2)c2ccc(-c3ccc(N(c4ccc(/C=C/c5ccccc5)cc4)c4ccc(CCC(=O)OC)cc4)cc3)cc2)cc1.COC(=O)CCc1ccc(N(c2ccccc2)c2ccc(-c3ccc(N(c4ccccc4)c4ccc(CCC(=O)OC)cc4)cc3)cc2)cc1. The molecule has 0 bridgehead atoms. The summed E-state index contributed by atoms with van der Waals surface area (Å²) in [5.74, 6) is -0.843. The van der Waals surface area contributed by atoms with E-state index in [0.717, 1.165) is 135 Å². The first-order chi connectivity index (χ1) is 56.9. The highest BCUT2D eigenvalue weighted by Crippen LogP contribution is 2.42. The van der Waals surface area contributed by atoms with E-state index in [1.165, 1.54) is 28.4 Å². The van der Waals surface area contributed by atoms with Gasteiger partial charge in [-0.2, -0.15) is 0 Å². The lowest BCUT2D eigenvalue weighted by Gasteiger charge is -2.26. The van der Waals surface area contributed by atoms with E-state index in [4.69, 9.17) is 18.9 Å². The van der Waals surface area contributed by atoms with Crippen molar-refractivity contribution in [2.24, 2.45) is 0 Å². The predicted molar refractivity (Wildman–Crippen MR) is 481 cm³/mol. The molecule has 117 heavy (non-hydrogen) atoms. The van der Waals surface area contributed by atoms with Gasteiger partial charge in [0.15, 0.2) is 0 Å². The quantitative estimate of drug-likeness (QED) is 0.0242. The van der Waals surface area contributed by atoms with Crippen LogP contribution >= 0.6 is 0 Å². The van der Waals surface area contributed by atoms with Gasteiger partial charge >= 0.3 is 23.9 Å². The van der Waals surface area contributed by atoms with E-state index in [0.29, 0.717) is 51.4 Å². The molecule has 0 atom stereocenters. The van der Waals surface area contributed by atoms with E-state index in [2.05, 4.69) is 335 Å². The molecule has 0 aliphatic heterocycles. The fourth-order valence-corrected chi connectivity index (χ4v) is 13.8. The van der Waals surface area contributed by atoms with E-state index < -0.39 is 0 Å². The third-order valence-electron chi connectivity index (χ3n) is 20.2. The van der Waals surface area contributed by atoms with E-state index >= 15 is 0 Å². The van der Waals surface area contributed by atoms with Crippen LogP contribution in [0, 0.1) is 0 Å². The summed E-state index contributed by atoms with van der Waals surface area (Å²) in [6.45, 7) is 0. The smallest absolute Gasteiger partial charge is 0.305 e. The van der Waals surface area contributed by atoms with Crippen molar-refractivity contribution >= 4 is 116 Å². The van der Waals surface area contributed by atoms with E-state index in [1.807, 2.05) is 72.8 Å². The Morgan fingerprint density at radius 2 is 0.359 bits per heavy atom. The second kappa shape index (κ2) is 41.4. The van der Waals surface area contributed by atoms with Crippen LogP contribution in [0.5, 0.6) is 0 Å². The second-order valence-electron chi connectivity index (χ2n) is 27.8. The minimum atomic E-state index is -0.216. The molecule has 0 aliphatic carbocycles. The van der Waals surface area contributed by atoms with E-state index in [1.54, 1.807) is 0 Å². The van der Waals surface area contributed by atoms with Gasteiger partial charge in [0.1, 0.15) is 0 Å². The molecule has 0 fully saturated rings. The zero-order valence-electron chi connectivity index (χ0n) is 65.7. The number of esters is 4. The maximum atomic E-state index is 11.8. The molecule has 0 heterocycles. The second-order valence-corrected chi connectivity index (χ2v) is 27.8.